The molecule has 0 aliphatic rings. The third-order valence-corrected chi connectivity index (χ3v) is 19.8. The van der Waals surface area contributed by atoms with Gasteiger partial charge in [0.1, 0.15) is 78.5 Å². The van der Waals surface area contributed by atoms with Crippen LogP contribution in [0.4, 0.5) is 0 Å². The van der Waals surface area contributed by atoms with E-state index in [9.17, 15) is 82.1 Å². The summed E-state index contributed by atoms with van der Waals surface area (Å²) in [4.78, 5) is 212. The van der Waals surface area contributed by atoms with Crippen molar-refractivity contribution in [3.63, 3.8) is 0 Å². The van der Waals surface area contributed by atoms with Crippen molar-refractivity contribution in [1.82, 2.24) is 69.1 Å². The smallest absolute Gasteiger partial charge is 0.326 e. The van der Waals surface area contributed by atoms with Crippen LogP contribution in [-0.4, -0.2) is 223 Å². The number of carboxylic acid groups (broad SMARTS) is 2. The van der Waals surface area contributed by atoms with Crippen molar-refractivity contribution >= 4 is 88.7 Å². The molecule has 0 aromatic carbocycles. The normalized spacial score (nSPS) is 15.1. The Morgan fingerprint density at radius 1 is 0.208 bits per heavy atom. The van der Waals surface area contributed by atoms with Gasteiger partial charge in [-0.2, -0.15) is 0 Å². The van der Waals surface area contributed by atoms with Crippen LogP contribution in [-0.2, 0) is 71.9 Å². The van der Waals surface area contributed by atoms with Gasteiger partial charge in [0.05, 0.1) is 6.04 Å². The van der Waals surface area contributed by atoms with Crippen LogP contribution < -0.4 is 109 Å². The summed E-state index contributed by atoms with van der Waals surface area (Å²) in [5, 5.41) is 55.4. The number of carboxylic acids is 2. The molecule has 0 aliphatic heterocycles. The second-order valence-corrected chi connectivity index (χ2v) is 34.8. The Labute approximate surface area is 712 Å². The quantitative estimate of drug-likeness (QED) is 0.0372. The van der Waals surface area contributed by atoms with Gasteiger partial charge in [-0.3, -0.25) is 67.1 Å². The molecule has 0 saturated carbocycles. The van der Waals surface area contributed by atoms with Gasteiger partial charge < -0.3 is 119 Å². The summed E-state index contributed by atoms with van der Waals surface area (Å²) in [6.45, 7) is 27.0. The molecular formula is C83H158N20O17. The lowest BCUT2D eigenvalue weighted by atomic mass is 9.98. The third kappa shape index (κ3) is 49.0. The molecule has 0 spiro atoms. The minimum absolute atomic E-state index is 0.0146. The molecule has 0 fully saturated rings. The van der Waals surface area contributed by atoms with Crippen molar-refractivity contribution in [3.05, 3.63) is 0 Å². The molecule has 0 rings (SSSR count). The van der Waals surface area contributed by atoms with Crippen LogP contribution in [0, 0.1) is 41.4 Å². The maximum absolute atomic E-state index is 14.8. The summed E-state index contributed by atoms with van der Waals surface area (Å²) in [6, 6.07) is -18.0. The zero-order valence-corrected chi connectivity index (χ0v) is 74.5. The molecule has 0 saturated heterocycles. The Hall–Kier alpha value is -8.23. The number of nitrogens with one attached hydrogen (secondary N) is 13. The molecule has 0 bridgehead atoms. The maximum Gasteiger partial charge on any atom is 0.326 e. The van der Waals surface area contributed by atoms with Gasteiger partial charge in [0.2, 0.25) is 76.8 Å². The Morgan fingerprint density at radius 2 is 0.358 bits per heavy atom. The van der Waals surface area contributed by atoms with Crippen LogP contribution in [0.2, 0.25) is 0 Å². The molecular weight excluding hydrogens is 1550 g/mol. The van der Waals surface area contributed by atoms with E-state index < -0.39 is 186 Å². The first kappa shape index (κ1) is 112. The van der Waals surface area contributed by atoms with E-state index in [2.05, 4.69) is 69.1 Å². The summed E-state index contributed by atoms with van der Waals surface area (Å²) in [7, 11) is 0. The monoisotopic (exact) mass is 1710 g/mol. The first-order valence-electron chi connectivity index (χ1n) is 43.8. The first-order valence-corrected chi connectivity index (χ1v) is 43.8. The lowest BCUT2D eigenvalue weighted by Crippen LogP contribution is -2.61. The Morgan fingerprint density at radius 3 is 0.533 bits per heavy atom. The number of hydrogen-bond acceptors (Lipinski definition) is 22. The Kier molecular flexibility index (Phi) is 58.5. The molecule has 692 valence electrons. The number of nitrogens with two attached hydrogens (primary N) is 7. The SMILES string of the molecule is CC(C)C[C@H](NC(=O)[C@H](CC(C)C)NC(=O)[C@H](CCCCN)NC(=O)[C@H](CC(C)C)NC(=O)[C@H](CC(C)C)NC(=O)[C@H](CCCCN)NC(=O)[C@H](CCCCN)NC(=O)[C@H](CCC(=O)O)NC(=O)[C@H](CC(C)C)NC(=O)[C@H](CCCCN)NC(=O)[C@H](CC(C)C)NC(=O)[C@H](CC(C)C)NC(=O)[C@@H](N)CCCCN)C(=O)N[C@@H](CCCCN)C(=O)O. The molecule has 29 N–H and O–H groups in total. The minimum Gasteiger partial charge on any atom is -0.481 e. The average molecular weight is 1710 g/mol. The lowest BCUT2D eigenvalue weighted by molar-refractivity contribution is -0.142. The fourth-order valence-electron chi connectivity index (χ4n) is 13.4. The second kappa shape index (κ2) is 62.8. The molecule has 13 amide bonds. The van der Waals surface area contributed by atoms with Crippen LogP contribution in [0.15, 0.2) is 0 Å². The highest BCUT2D eigenvalue weighted by Gasteiger charge is 2.39. The highest BCUT2D eigenvalue weighted by atomic mass is 16.4. The van der Waals surface area contributed by atoms with E-state index in [0.717, 1.165) is 0 Å². The predicted molar refractivity (Wildman–Crippen MR) is 461 cm³/mol. The molecule has 37 heteroatoms. The van der Waals surface area contributed by atoms with Gasteiger partial charge in [0, 0.05) is 6.42 Å². The topological polar surface area (TPSA) is 635 Å². The van der Waals surface area contributed by atoms with Gasteiger partial charge in [-0.15, -0.1) is 0 Å². The van der Waals surface area contributed by atoms with E-state index in [1.165, 1.54) is 0 Å². The van der Waals surface area contributed by atoms with E-state index in [4.69, 9.17) is 40.1 Å². The van der Waals surface area contributed by atoms with Gasteiger partial charge in [-0.1, -0.05) is 103 Å². The number of hydrogen-bond donors (Lipinski definition) is 22. The van der Waals surface area contributed by atoms with E-state index in [1.807, 2.05) is 55.4 Å². The summed E-state index contributed by atoms with van der Waals surface area (Å²) in [6.07, 6.45) is 4.85. The van der Waals surface area contributed by atoms with Crippen molar-refractivity contribution < 1.29 is 82.1 Å². The molecule has 120 heavy (non-hydrogen) atoms. The first-order chi connectivity index (χ1) is 56.5. The number of carbonyl (C=O) groups is 15. The van der Waals surface area contributed by atoms with Crippen molar-refractivity contribution in [2.75, 3.05) is 39.3 Å². The summed E-state index contributed by atoms with van der Waals surface area (Å²) in [5.41, 5.74) is 41.0. The molecule has 14 atom stereocenters. The fraction of sp³-hybridized carbons (Fsp3) is 0.819. The number of aliphatic carboxylic acids is 2. The number of amides is 13. The number of unbranched alkanes of at least 4 members (excludes halogenated alkanes) is 6. The van der Waals surface area contributed by atoms with Crippen molar-refractivity contribution in [2.45, 2.75) is 355 Å². The molecule has 0 aromatic heterocycles. The van der Waals surface area contributed by atoms with Crippen LogP contribution in [0.25, 0.3) is 0 Å². The summed E-state index contributed by atoms with van der Waals surface area (Å²) >= 11 is 0. The Bertz CT molecular complexity index is 3110. The van der Waals surface area contributed by atoms with E-state index in [-0.39, 0.29) is 157 Å². The molecule has 0 radical (unpaired) electrons. The van der Waals surface area contributed by atoms with E-state index in [0.29, 0.717) is 83.7 Å². The molecule has 37 nitrogen and oxygen atoms in total. The van der Waals surface area contributed by atoms with Gasteiger partial charge >= 0.3 is 11.9 Å². The van der Waals surface area contributed by atoms with Crippen molar-refractivity contribution in [3.8, 4) is 0 Å². The average Bonchev–Trinajstić information content (AvgIpc) is 0.854. The van der Waals surface area contributed by atoms with Crippen LogP contribution in [0.5, 0.6) is 0 Å². The van der Waals surface area contributed by atoms with Gasteiger partial charge in [-0.05, 0) is 241 Å². The largest absolute Gasteiger partial charge is 0.481 e. The molecule has 0 aliphatic carbocycles. The highest BCUT2D eigenvalue weighted by molar-refractivity contribution is 6.00. The molecule has 0 aromatic rings. The van der Waals surface area contributed by atoms with Crippen LogP contribution in [0.1, 0.15) is 270 Å². The Balaban J connectivity index is 7.41. The predicted octanol–water partition coefficient (Wildman–Crippen LogP) is 0.662. The van der Waals surface area contributed by atoms with Crippen molar-refractivity contribution in [2.24, 2.45) is 81.6 Å². The van der Waals surface area contributed by atoms with Gasteiger partial charge in [0.15, 0.2) is 0 Å². The third-order valence-electron chi connectivity index (χ3n) is 19.8. The standard InChI is InChI=1S/C83H158N20O17/c1-48(2)41-62(97-70(106)55(90)27-15-21-35-84)80(116)101-64(43-50(5)6)76(112)93-58(30-18-24-38-87)73(109)98-63(42-49(3)4)78(114)95-60(33-34-69(104)105)75(111)92-56(28-16-22-36-85)71(107)91-57(29-17-23-37-86)72(108)99-67(46-53(11)12)81(117)102-65(44-51(7)8)77(113)94-59(31-19-25-39-88)74(110)100-68(47-54(13)14)82(118)103-66(45-52(9)10)79(115)96-61(83(119)120)32-20-26-40-89/h48-68H,15-47,84-90H2,1-14H3,(H,91,107)(H,92,111)(H,93,112)(H,94,113)(H,95,114)(H,96,115)(H,97,106)(H,98,109)(H,99,108)(H,100,110)(H,101,116)(H,102,117)(H,103,118)(H,104,105)(H,119,120)/t55-,56-,57-,58-,59-,60-,61-,62-,63-,64-,65-,66-,67-,68-/m0/s1. The van der Waals surface area contributed by atoms with Gasteiger partial charge in [0.25, 0.3) is 0 Å². The molecule has 0 heterocycles. The zero-order chi connectivity index (χ0) is 91.3. The molecule has 0 unspecified atom stereocenters. The van der Waals surface area contributed by atoms with E-state index in [1.54, 1.807) is 41.5 Å². The maximum atomic E-state index is 14.8. The number of carbonyl (C=O) groups excluding carboxylic acids is 13. The second-order valence-electron chi connectivity index (χ2n) is 34.8. The van der Waals surface area contributed by atoms with Crippen molar-refractivity contribution in [1.29, 1.82) is 0 Å². The zero-order valence-electron chi connectivity index (χ0n) is 74.5. The van der Waals surface area contributed by atoms with Gasteiger partial charge in [-0.25, -0.2) is 4.79 Å². The van der Waals surface area contributed by atoms with E-state index >= 15 is 0 Å². The lowest BCUT2D eigenvalue weighted by Gasteiger charge is -2.30. The van der Waals surface area contributed by atoms with Crippen LogP contribution in [0.3, 0.4) is 0 Å². The highest BCUT2D eigenvalue weighted by Crippen LogP contribution is 2.19. The summed E-state index contributed by atoms with van der Waals surface area (Å²) in [5.74, 6) is -14.1. The number of rotatable bonds is 68. The summed E-state index contributed by atoms with van der Waals surface area (Å²) < 4.78 is 0. The van der Waals surface area contributed by atoms with Crippen LogP contribution >= 0.6 is 0 Å². The minimum atomic E-state index is -1.65. The fourth-order valence-corrected chi connectivity index (χ4v) is 13.4.